The number of para-hydroxylation sites is 1. The minimum absolute atomic E-state index is 0.113. The number of carbonyl (C=O) groups excluding carboxylic acids is 1. The number of nitrogens with one attached hydrogen (secondary N) is 1. The molecule has 1 heterocycles. The van der Waals surface area contributed by atoms with Gasteiger partial charge in [0.05, 0.1) is 0 Å². The Balaban J connectivity index is 1.38. The third-order valence-corrected chi connectivity index (χ3v) is 6.04. The smallest absolute Gasteiger partial charge is 0.251 e. The number of rotatable bonds is 6. The molecule has 166 valence electrons. The van der Waals surface area contributed by atoms with E-state index in [9.17, 15) is 9.18 Å². The third-order valence-electron chi connectivity index (χ3n) is 5.79. The summed E-state index contributed by atoms with van der Waals surface area (Å²) in [7, 11) is 0. The fourth-order valence-electron chi connectivity index (χ4n) is 4.07. The molecular weight excluding hydrogens is 425 g/mol. The average Bonchev–Trinajstić information content (AvgIpc) is 3.05. The van der Waals surface area contributed by atoms with Crippen LogP contribution in [0.3, 0.4) is 0 Å². The highest BCUT2D eigenvalue weighted by Crippen LogP contribution is 2.23. The summed E-state index contributed by atoms with van der Waals surface area (Å²) in [5.74, 6) is -0.312. The van der Waals surface area contributed by atoms with Crippen LogP contribution in [0.5, 0.6) is 0 Å². The first kappa shape index (κ1) is 22.3. The van der Waals surface area contributed by atoms with Crippen LogP contribution in [0.15, 0.2) is 72.8 Å². The van der Waals surface area contributed by atoms with Crippen LogP contribution in [-0.4, -0.2) is 37.0 Å². The zero-order chi connectivity index (χ0) is 22.3. The molecule has 6 heteroatoms. The second-order valence-corrected chi connectivity index (χ2v) is 8.50. The van der Waals surface area contributed by atoms with Crippen molar-refractivity contribution in [3.05, 3.63) is 100 Å². The number of nitrogens with zero attached hydrogens (tertiary/aromatic N) is 2. The maximum atomic E-state index is 13.2. The summed E-state index contributed by atoms with van der Waals surface area (Å²) in [5.41, 5.74) is 3.98. The summed E-state index contributed by atoms with van der Waals surface area (Å²) >= 11 is 5.92. The van der Waals surface area contributed by atoms with Crippen molar-refractivity contribution in [2.75, 3.05) is 31.1 Å². The molecule has 1 fully saturated rings. The van der Waals surface area contributed by atoms with Crippen LogP contribution in [0.1, 0.15) is 27.9 Å². The van der Waals surface area contributed by atoms with Crippen molar-refractivity contribution in [1.29, 1.82) is 0 Å². The van der Waals surface area contributed by atoms with Crippen LogP contribution in [0, 0.1) is 5.82 Å². The van der Waals surface area contributed by atoms with Gasteiger partial charge in [-0.2, -0.15) is 0 Å². The van der Waals surface area contributed by atoms with Gasteiger partial charge in [-0.05, 0) is 60.0 Å². The number of amides is 1. The van der Waals surface area contributed by atoms with Gasteiger partial charge in [-0.15, -0.1) is 0 Å². The summed E-state index contributed by atoms with van der Waals surface area (Å²) in [6.45, 7) is 5.10. The lowest BCUT2D eigenvalue weighted by molar-refractivity contribution is 0.0951. The number of hydrogen-bond donors (Lipinski definition) is 1. The molecule has 0 saturated carbocycles. The summed E-state index contributed by atoms with van der Waals surface area (Å²) in [6.07, 6.45) is 1.05. The van der Waals surface area contributed by atoms with E-state index < -0.39 is 0 Å². The molecule has 3 aromatic carbocycles. The van der Waals surface area contributed by atoms with Gasteiger partial charge in [0.2, 0.25) is 0 Å². The molecular formula is C26H27ClFN3O. The van der Waals surface area contributed by atoms with Gasteiger partial charge in [0, 0.05) is 55.5 Å². The normalized spacial score (nSPS) is 14.8. The largest absolute Gasteiger partial charge is 0.370 e. The highest BCUT2D eigenvalue weighted by molar-refractivity contribution is 6.30. The number of carbonyl (C=O) groups is 1. The molecule has 1 aliphatic rings. The molecule has 1 amide bonds. The SMILES string of the molecule is O=C(NCc1ccccc1N1CCCN(Cc2ccc(F)cc2)CC1)c1ccc(Cl)cc1. The van der Waals surface area contributed by atoms with E-state index in [1.165, 1.54) is 12.1 Å². The molecule has 0 bridgehead atoms. The number of anilines is 1. The zero-order valence-corrected chi connectivity index (χ0v) is 18.7. The van der Waals surface area contributed by atoms with Crippen LogP contribution in [0.25, 0.3) is 0 Å². The zero-order valence-electron chi connectivity index (χ0n) is 17.9. The molecule has 1 N–H and O–H groups in total. The van der Waals surface area contributed by atoms with Crippen molar-refractivity contribution in [3.63, 3.8) is 0 Å². The van der Waals surface area contributed by atoms with E-state index >= 15 is 0 Å². The van der Waals surface area contributed by atoms with Crippen LogP contribution in [0.4, 0.5) is 10.1 Å². The van der Waals surface area contributed by atoms with E-state index in [0.717, 1.165) is 56.0 Å². The summed E-state index contributed by atoms with van der Waals surface area (Å²) in [6, 6.07) is 21.9. The third kappa shape index (κ3) is 5.87. The highest BCUT2D eigenvalue weighted by atomic mass is 35.5. The fraction of sp³-hybridized carbons (Fsp3) is 0.269. The van der Waals surface area contributed by atoms with Crippen LogP contribution in [-0.2, 0) is 13.1 Å². The monoisotopic (exact) mass is 451 g/mol. The molecule has 1 saturated heterocycles. The molecule has 1 aliphatic heterocycles. The van der Waals surface area contributed by atoms with Crippen molar-refractivity contribution in [2.24, 2.45) is 0 Å². The Hall–Kier alpha value is -2.89. The van der Waals surface area contributed by atoms with Gasteiger partial charge in [-0.25, -0.2) is 4.39 Å². The molecule has 0 aliphatic carbocycles. The summed E-state index contributed by atoms with van der Waals surface area (Å²) in [4.78, 5) is 17.3. The Labute approximate surface area is 193 Å². The lowest BCUT2D eigenvalue weighted by Gasteiger charge is -2.26. The standard InChI is InChI=1S/C26H27ClFN3O/c27-23-10-8-21(9-11-23)26(32)29-18-22-4-1-2-5-25(22)31-15-3-14-30(16-17-31)19-20-6-12-24(28)13-7-20/h1-2,4-13H,3,14-19H2,(H,29,32). The van der Waals surface area contributed by atoms with Gasteiger partial charge in [0.25, 0.3) is 5.91 Å². The van der Waals surface area contributed by atoms with E-state index in [4.69, 9.17) is 11.6 Å². The Kier molecular flexibility index (Phi) is 7.40. The Bertz CT molecular complexity index is 1040. The first-order valence-corrected chi connectivity index (χ1v) is 11.3. The lowest BCUT2D eigenvalue weighted by atomic mass is 10.1. The number of halogens is 2. The van der Waals surface area contributed by atoms with Crippen LogP contribution in [0.2, 0.25) is 5.02 Å². The molecule has 0 aromatic heterocycles. The maximum absolute atomic E-state index is 13.2. The van der Waals surface area contributed by atoms with Gasteiger partial charge in [0.15, 0.2) is 0 Å². The molecule has 32 heavy (non-hydrogen) atoms. The van der Waals surface area contributed by atoms with Gasteiger partial charge in [0.1, 0.15) is 5.82 Å². The van der Waals surface area contributed by atoms with E-state index in [1.54, 1.807) is 24.3 Å². The minimum Gasteiger partial charge on any atom is -0.370 e. The summed E-state index contributed by atoms with van der Waals surface area (Å²) in [5, 5.41) is 3.64. The van der Waals surface area contributed by atoms with Gasteiger partial charge in [-0.3, -0.25) is 9.69 Å². The topological polar surface area (TPSA) is 35.6 Å². The second-order valence-electron chi connectivity index (χ2n) is 8.06. The molecule has 0 spiro atoms. The molecule has 3 aromatic rings. The molecule has 4 rings (SSSR count). The fourth-order valence-corrected chi connectivity index (χ4v) is 4.19. The van der Waals surface area contributed by atoms with Gasteiger partial charge < -0.3 is 10.2 Å². The number of hydrogen-bond acceptors (Lipinski definition) is 3. The van der Waals surface area contributed by atoms with E-state index in [0.29, 0.717) is 17.1 Å². The Morgan fingerprint density at radius 3 is 2.44 bits per heavy atom. The van der Waals surface area contributed by atoms with Crippen molar-refractivity contribution in [2.45, 2.75) is 19.5 Å². The van der Waals surface area contributed by atoms with E-state index in [2.05, 4.69) is 27.2 Å². The highest BCUT2D eigenvalue weighted by Gasteiger charge is 2.18. The summed E-state index contributed by atoms with van der Waals surface area (Å²) < 4.78 is 13.2. The van der Waals surface area contributed by atoms with Crippen molar-refractivity contribution in [1.82, 2.24) is 10.2 Å². The van der Waals surface area contributed by atoms with Gasteiger partial charge in [-0.1, -0.05) is 41.9 Å². The van der Waals surface area contributed by atoms with E-state index in [-0.39, 0.29) is 11.7 Å². The molecule has 0 unspecified atom stereocenters. The van der Waals surface area contributed by atoms with E-state index in [1.807, 2.05) is 24.3 Å². The predicted octanol–water partition coefficient (Wildman–Crippen LogP) is 5.12. The molecule has 0 atom stereocenters. The second kappa shape index (κ2) is 10.6. The number of benzene rings is 3. The van der Waals surface area contributed by atoms with Crippen molar-refractivity contribution >= 4 is 23.2 Å². The van der Waals surface area contributed by atoms with Crippen molar-refractivity contribution in [3.8, 4) is 0 Å². The molecule has 0 radical (unpaired) electrons. The van der Waals surface area contributed by atoms with Crippen LogP contribution >= 0.6 is 11.6 Å². The first-order chi connectivity index (χ1) is 15.6. The van der Waals surface area contributed by atoms with Crippen molar-refractivity contribution < 1.29 is 9.18 Å². The Morgan fingerprint density at radius 2 is 1.66 bits per heavy atom. The Morgan fingerprint density at radius 1 is 0.906 bits per heavy atom. The minimum atomic E-state index is -0.199. The first-order valence-electron chi connectivity index (χ1n) is 10.9. The predicted molar refractivity (Wildman–Crippen MR) is 128 cm³/mol. The molecule has 4 nitrogen and oxygen atoms in total. The lowest BCUT2D eigenvalue weighted by Crippen LogP contribution is -2.31. The van der Waals surface area contributed by atoms with Gasteiger partial charge >= 0.3 is 0 Å². The maximum Gasteiger partial charge on any atom is 0.251 e. The average molecular weight is 452 g/mol. The quantitative estimate of drug-likeness (QED) is 0.565. The van der Waals surface area contributed by atoms with Crippen LogP contribution < -0.4 is 10.2 Å².